The molecule has 3 atom stereocenters. The number of rotatable bonds is 0. The molecule has 2 nitrogen and oxygen atoms in total. The van der Waals surface area contributed by atoms with Crippen molar-refractivity contribution in [3.8, 4) is 0 Å². The van der Waals surface area contributed by atoms with E-state index in [4.69, 9.17) is 11.6 Å². The van der Waals surface area contributed by atoms with Gasteiger partial charge >= 0.3 is 0 Å². The highest BCUT2D eigenvalue weighted by Gasteiger charge is 2.66. The van der Waals surface area contributed by atoms with E-state index in [1.165, 1.54) is 0 Å². The molecule has 0 aromatic heterocycles. The molecule has 1 heterocycles. The number of sulfone groups is 1. The number of halogens is 1. The predicted octanol–water partition coefficient (Wildman–Crippen LogP) is 2.88. The maximum absolute atomic E-state index is 12.1. The highest BCUT2D eigenvalue weighted by molar-refractivity contribution is 7.93. The normalized spacial score (nSPS) is 49.7. The fourth-order valence-electron chi connectivity index (χ4n) is 4.17. The van der Waals surface area contributed by atoms with Crippen molar-refractivity contribution >= 4 is 21.4 Å². The minimum absolute atomic E-state index is 0.0365. The molecule has 90 valence electrons. The summed E-state index contributed by atoms with van der Waals surface area (Å²) in [5, 5.41) is 0. The van der Waals surface area contributed by atoms with Crippen LogP contribution < -0.4 is 0 Å². The molecule has 0 N–H and O–H groups in total. The zero-order valence-corrected chi connectivity index (χ0v) is 10.9. The first kappa shape index (κ1) is 11.1. The number of hydrogen-bond acceptors (Lipinski definition) is 2. The Morgan fingerprint density at radius 2 is 1.81 bits per heavy atom. The summed E-state index contributed by atoms with van der Waals surface area (Å²) in [6.45, 7) is 0. The number of allylic oxidation sites excluding steroid dienone is 2. The van der Waals surface area contributed by atoms with Gasteiger partial charge in [-0.1, -0.05) is 25.0 Å². The van der Waals surface area contributed by atoms with Crippen LogP contribution in [0.3, 0.4) is 0 Å². The molecule has 0 radical (unpaired) electrons. The quantitative estimate of drug-likeness (QED) is 0.496. The van der Waals surface area contributed by atoms with E-state index in [2.05, 4.69) is 12.2 Å². The molecule has 3 aliphatic rings. The highest BCUT2D eigenvalue weighted by Crippen LogP contribution is 2.66. The molecule has 1 saturated carbocycles. The summed E-state index contributed by atoms with van der Waals surface area (Å²) in [5.41, 5.74) is -0.189. The summed E-state index contributed by atoms with van der Waals surface area (Å²) in [6, 6.07) is 0. The van der Waals surface area contributed by atoms with Crippen LogP contribution in [0, 0.1) is 10.8 Å². The molecule has 0 aromatic carbocycles. The molecule has 0 unspecified atom stereocenters. The van der Waals surface area contributed by atoms with E-state index in [-0.39, 0.29) is 10.8 Å². The molecular formula is C12H17ClO2S. The Kier molecular flexibility index (Phi) is 2.26. The van der Waals surface area contributed by atoms with Gasteiger partial charge in [0.05, 0.1) is 5.75 Å². The van der Waals surface area contributed by atoms with Gasteiger partial charge in [-0.05, 0) is 31.1 Å². The Labute approximate surface area is 102 Å². The van der Waals surface area contributed by atoms with Crippen LogP contribution >= 0.6 is 11.6 Å². The van der Waals surface area contributed by atoms with Crippen molar-refractivity contribution in [2.75, 3.05) is 5.75 Å². The molecule has 0 amide bonds. The van der Waals surface area contributed by atoms with Gasteiger partial charge in [0, 0.05) is 5.41 Å². The molecule has 1 saturated heterocycles. The summed E-state index contributed by atoms with van der Waals surface area (Å²) in [5.74, 6) is 0.318. The molecule has 0 aromatic rings. The van der Waals surface area contributed by atoms with Gasteiger partial charge in [-0.2, -0.15) is 0 Å². The van der Waals surface area contributed by atoms with Gasteiger partial charge < -0.3 is 0 Å². The first-order valence-corrected chi connectivity index (χ1v) is 8.18. The van der Waals surface area contributed by atoms with Crippen molar-refractivity contribution in [3.05, 3.63) is 12.2 Å². The lowest BCUT2D eigenvalue weighted by atomic mass is 9.53. The van der Waals surface area contributed by atoms with Crippen LogP contribution in [-0.4, -0.2) is 18.9 Å². The largest absolute Gasteiger partial charge is 0.227 e. The Bertz CT molecular complexity index is 442. The summed E-state index contributed by atoms with van der Waals surface area (Å²) >= 11 is 6.31. The Morgan fingerprint density at radius 1 is 1.12 bits per heavy atom. The third kappa shape index (κ3) is 1.16. The lowest BCUT2D eigenvalue weighted by Gasteiger charge is -2.51. The highest BCUT2D eigenvalue weighted by atomic mass is 35.5. The molecule has 16 heavy (non-hydrogen) atoms. The first-order chi connectivity index (χ1) is 7.53. The third-order valence-corrected chi connectivity index (χ3v) is 8.24. The lowest BCUT2D eigenvalue weighted by Crippen LogP contribution is -2.46. The van der Waals surface area contributed by atoms with E-state index in [0.717, 1.165) is 38.5 Å². The van der Waals surface area contributed by atoms with E-state index in [1.807, 2.05) is 0 Å². The van der Waals surface area contributed by atoms with Gasteiger partial charge in [-0.3, -0.25) is 0 Å². The molecule has 0 spiro atoms. The third-order valence-electron chi connectivity index (χ3n) is 4.97. The van der Waals surface area contributed by atoms with E-state index < -0.39 is 14.5 Å². The van der Waals surface area contributed by atoms with Crippen LogP contribution in [0.5, 0.6) is 0 Å². The van der Waals surface area contributed by atoms with Crippen LogP contribution in [0.15, 0.2) is 12.2 Å². The molecule has 3 rings (SSSR count). The molecule has 2 aliphatic carbocycles. The SMILES string of the molecule is O=S1(=O)C[C@@]23CC=CC[C@@]2(CCCC3)[C@H]1Cl. The average molecular weight is 261 g/mol. The minimum Gasteiger partial charge on any atom is -0.227 e. The van der Waals surface area contributed by atoms with E-state index in [0.29, 0.717) is 5.75 Å². The van der Waals surface area contributed by atoms with E-state index in [1.54, 1.807) is 0 Å². The average Bonchev–Trinajstić information content (AvgIpc) is 2.45. The van der Waals surface area contributed by atoms with Gasteiger partial charge in [-0.25, -0.2) is 8.42 Å². The topological polar surface area (TPSA) is 34.1 Å². The fourth-order valence-corrected chi connectivity index (χ4v) is 7.40. The van der Waals surface area contributed by atoms with Crippen molar-refractivity contribution in [1.82, 2.24) is 0 Å². The van der Waals surface area contributed by atoms with Crippen molar-refractivity contribution in [2.24, 2.45) is 10.8 Å². The second kappa shape index (κ2) is 3.26. The second-order valence-corrected chi connectivity index (χ2v) is 8.43. The van der Waals surface area contributed by atoms with E-state index >= 15 is 0 Å². The molecule has 4 heteroatoms. The standard InChI is InChI=1S/C12H17ClO2S/c13-10-12-7-3-1-5-11(12,6-2-4-8-12)9-16(10,14)15/h1,3,10H,2,4-9H2/t10-,11-,12+/m0/s1. The summed E-state index contributed by atoms with van der Waals surface area (Å²) in [6.07, 6.45) is 10.4. The van der Waals surface area contributed by atoms with Crippen LogP contribution in [0.1, 0.15) is 38.5 Å². The zero-order valence-electron chi connectivity index (χ0n) is 9.28. The zero-order chi connectivity index (χ0) is 11.4. The monoisotopic (exact) mass is 260 g/mol. The van der Waals surface area contributed by atoms with E-state index in [9.17, 15) is 8.42 Å². The molecular weight excluding hydrogens is 244 g/mol. The Hall–Kier alpha value is -0.0200. The van der Waals surface area contributed by atoms with Gasteiger partial charge in [0.1, 0.15) is 4.71 Å². The second-order valence-electron chi connectivity index (χ2n) is 5.65. The maximum Gasteiger partial charge on any atom is 0.168 e. The van der Waals surface area contributed by atoms with Crippen LogP contribution in [-0.2, 0) is 9.84 Å². The van der Waals surface area contributed by atoms with Crippen LogP contribution in [0.25, 0.3) is 0 Å². The lowest BCUT2D eigenvalue weighted by molar-refractivity contribution is 0.0265. The fraction of sp³-hybridized carbons (Fsp3) is 0.833. The Morgan fingerprint density at radius 3 is 2.56 bits per heavy atom. The molecule has 2 fully saturated rings. The summed E-state index contributed by atoms with van der Waals surface area (Å²) in [4.78, 5) is 0. The number of hydrogen-bond donors (Lipinski definition) is 0. The van der Waals surface area contributed by atoms with Crippen molar-refractivity contribution < 1.29 is 8.42 Å². The van der Waals surface area contributed by atoms with Crippen molar-refractivity contribution in [2.45, 2.75) is 43.2 Å². The van der Waals surface area contributed by atoms with Crippen LogP contribution in [0.2, 0.25) is 0 Å². The van der Waals surface area contributed by atoms with Gasteiger partial charge in [0.2, 0.25) is 0 Å². The predicted molar refractivity (Wildman–Crippen MR) is 65.1 cm³/mol. The summed E-state index contributed by atoms with van der Waals surface area (Å²) < 4.78 is 23.6. The van der Waals surface area contributed by atoms with Crippen LogP contribution in [0.4, 0.5) is 0 Å². The Balaban J connectivity index is 2.17. The summed E-state index contributed by atoms with van der Waals surface area (Å²) in [7, 11) is -3.08. The molecule has 1 aliphatic heterocycles. The smallest absolute Gasteiger partial charge is 0.168 e. The first-order valence-electron chi connectivity index (χ1n) is 6.03. The van der Waals surface area contributed by atoms with Gasteiger partial charge in [-0.15, -0.1) is 11.6 Å². The van der Waals surface area contributed by atoms with Crippen molar-refractivity contribution in [3.63, 3.8) is 0 Å². The molecule has 0 bridgehead atoms. The van der Waals surface area contributed by atoms with Crippen molar-refractivity contribution in [1.29, 1.82) is 0 Å². The van der Waals surface area contributed by atoms with Gasteiger partial charge in [0.25, 0.3) is 0 Å². The van der Waals surface area contributed by atoms with Gasteiger partial charge in [0.15, 0.2) is 9.84 Å². The maximum atomic E-state index is 12.1. The minimum atomic E-state index is -3.08. The number of alkyl halides is 1.